The van der Waals surface area contributed by atoms with Gasteiger partial charge >= 0.3 is 0 Å². The third kappa shape index (κ3) is 13.0. The Morgan fingerprint density at radius 3 is 1.41 bits per heavy atom. The third-order valence-electron chi connectivity index (χ3n) is 8.19. The summed E-state index contributed by atoms with van der Waals surface area (Å²) in [6.07, 6.45) is 14.6. The highest BCUT2D eigenvalue weighted by atomic mass is 32.2. The van der Waals surface area contributed by atoms with Crippen LogP contribution in [0.3, 0.4) is 0 Å². The normalized spacial score (nSPS) is 11.3. The number of fused-ring (bicyclic) bond motifs is 2. The van der Waals surface area contributed by atoms with Gasteiger partial charge in [-0.25, -0.2) is 9.97 Å². The van der Waals surface area contributed by atoms with Gasteiger partial charge in [-0.3, -0.25) is 19.2 Å². The topological polar surface area (TPSA) is 150 Å². The average Bonchev–Trinajstić information content (AvgIpc) is 3.72. The number of hydrogen-bond acceptors (Lipinski definition) is 8. The van der Waals surface area contributed by atoms with E-state index in [-0.39, 0.29) is 22.0 Å². The van der Waals surface area contributed by atoms with E-state index in [1.165, 1.54) is 49.2 Å². The van der Waals surface area contributed by atoms with Gasteiger partial charge in [-0.1, -0.05) is 95.2 Å². The van der Waals surface area contributed by atoms with Crippen LogP contribution in [0, 0.1) is 0 Å². The number of rotatable bonds is 22. The summed E-state index contributed by atoms with van der Waals surface area (Å²) >= 11 is 2.46. The summed E-state index contributed by atoms with van der Waals surface area (Å²) in [4.78, 5) is 65.1. The Balaban J connectivity index is 1.11. The molecule has 0 atom stereocenters. The number of aromatic amines is 2. The second-order valence-corrected chi connectivity index (χ2v) is 14.5. The lowest BCUT2D eigenvalue weighted by molar-refractivity contribution is -0.117. The molecular weight excluding hydrogens is 657 g/mol. The van der Waals surface area contributed by atoms with Crippen molar-refractivity contribution in [3.05, 3.63) is 48.0 Å². The molecule has 4 aromatic rings. The summed E-state index contributed by atoms with van der Waals surface area (Å²) in [5, 5.41) is 5.65. The van der Waals surface area contributed by atoms with Gasteiger partial charge in [-0.2, -0.15) is 0 Å². The molecule has 0 unspecified atom stereocenters. The van der Waals surface area contributed by atoms with Crippen molar-refractivity contribution in [2.24, 2.45) is 0 Å². The van der Waals surface area contributed by atoms with Crippen molar-refractivity contribution in [3.8, 4) is 0 Å². The molecule has 0 spiro atoms. The highest BCUT2D eigenvalue weighted by Gasteiger charge is 2.15. The van der Waals surface area contributed by atoms with Crippen LogP contribution in [0.4, 0.5) is 11.4 Å². The van der Waals surface area contributed by atoms with Crippen molar-refractivity contribution in [1.29, 1.82) is 0 Å². The number of nitrogens with zero attached hydrogens (tertiary/aromatic N) is 2. The molecule has 2 aromatic carbocycles. The van der Waals surface area contributed by atoms with Crippen LogP contribution in [-0.4, -0.2) is 53.5 Å². The Labute approximate surface area is 297 Å². The number of hydrogen-bond donors (Lipinski definition) is 4. The number of unbranched alkanes of at least 4 members (excludes halogenated alkanes) is 10. The van der Waals surface area contributed by atoms with Crippen LogP contribution in [0.1, 0.15) is 131 Å². The number of nitrogens with one attached hydrogen (secondary N) is 4. The number of imidazole rings is 2. The monoisotopic (exact) mass is 706 g/mol. The largest absolute Gasteiger partial charge is 0.335 e. The molecule has 0 radical (unpaired) electrons. The first kappa shape index (κ1) is 38.2. The predicted molar refractivity (Wildman–Crippen MR) is 204 cm³/mol. The first-order valence-electron chi connectivity index (χ1n) is 17.8. The molecule has 2 amide bonds. The molecule has 49 heavy (non-hydrogen) atoms. The van der Waals surface area contributed by atoms with Gasteiger partial charge in [0.2, 0.25) is 11.8 Å². The van der Waals surface area contributed by atoms with Crippen LogP contribution in [0.15, 0.2) is 36.4 Å². The average molecular weight is 707 g/mol. The highest BCUT2D eigenvalue weighted by Crippen LogP contribution is 2.23. The van der Waals surface area contributed by atoms with E-state index >= 15 is 0 Å². The molecule has 0 saturated heterocycles. The summed E-state index contributed by atoms with van der Waals surface area (Å²) in [5.41, 5.74) is 4.18. The number of H-pyrrole nitrogens is 2. The molecule has 0 aliphatic heterocycles. The summed E-state index contributed by atoms with van der Waals surface area (Å²) < 4.78 is 0. The minimum absolute atomic E-state index is 0.000345. The Kier molecular flexibility index (Phi) is 16.2. The fourth-order valence-corrected chi connectivity index (χ4v) is 6.98. The van der Waals surface area contributed by atoms with E-state index < -0.39 is 0 Å². The quantitative estimate of drug-likeness (QED) is 0.0590. The minimum atomic E-state index is -0.117. The van der Waals surface area contributed by atoms with Gasteiger partial charge < -0.3 is 20.6 Å². The lowest BCUT2D eigenvalue weighted by atomic mass is 10.1. The lowest BCUT2D eigenvalue weighted by Gasteiger charge is -2.05. The second-order valence-electron chi connectivity index (χ2n) is 12.4. The molecule has 264 valence electrons. The molecule has 0 aliphatic rings. The zero-order valence-corrected chi connectivity index (χ0v) is 30.5. The standard InChI is InChI=1S/C37H50N6O4S2/c1-3-5-7-9-12-16-32(44)38-26-18-20-28-30(24-26)42-34(40-28)36(46)48-22-14-11-15-23-49-37(47)35-41-29-21-19-27(25-31(29)43-35)39-33(45)17-13-10-8-6-4-2/h18-21,24-25H,3-17,22-23H2,1-2H3,(H,38,44)(H,39,45)(H,40,42)(H,41,43). The van der Waals surface area contributed by atoms with E-state index in [0.29, 0.717) is 69.4 Å². The fraction of sp³-hybridized carbons (Fsp3) is 0.514. The van der Waals surface area contributed by atoms with Crippen LogP contribution in [0.5, 0.6) is 0 Å². The number of carbonyl (C=O) groups is 4. The predicted octanol–water partition coefficient (Wildman–Crippen LogP) is 9.65. The van der Waals surface area contributed by atoms with Gasteiger partial charge in [0, 0.05) is 35.7 Å². The number of thioether (sulfide) groups is 2. The zero-order valence-electron chi connectivity index (χ0n) is 28.8. The van der Waals surface area contributed by atoms with E-state index in [1.54, 1.807) is 0 Å². The minimum Gasteiger partial charge on any atom is -0.335 e. The van der Waals surface area contributed by atoms with E-state index in [2.05, 4.69) is 44.4 Å². The van der Waals surface area contributed by atoms with E-state index in [4.69, 9.17) is 0 Å². The van der Waals surface area contributed by atoms with E-state index in [0.717, 1.165) is 57.8 Å². The molecule has 2 aromatic heterocycles. The number of amides is 2. The Hall–Kier alpha value is -3.64. The Morgan fingerprint density at radius 2 is 0.980 bits per heavy atom. The van der Waals surface area contributed by atoms with Crippen LogP contribution >= 0.6 is 23.5 Å². The highest BCUT2D eigenvalue weighted by molar-refractivity contribution is 8.14. The Morgan fingerprint density at radius 1 is 0.571 bits per heavy atom. The molecular formula is C37H50N6O4S2. The number of anilines is 2. The van der Waals surface area contributed by atoms with E-state index in [1.807, 2.05) is 36.4 Å². The van der Waals surface area contributed by atoms with Gasteiger partial charge in [0.1, 0.15) is 0 Å². The van der Waals surface area contributed by atoms with Crippen molar-refractivity contribution >= 4 is 79.0 Å². The second kappa shape index (κ2) is 20.8. The maximum Gasteiger partial charge on any atom is 0.254 e. The summed E-state index contributed by atoms with van der Waals surface area (Å²) in [5.74, 6) is 1.93. The maximum absolute atomic E-state index is 12.7. The smallest absolute Gasteiger partial charge is 0.254 e. The van der Waals surface area contributed by atoms with Gasteiger partial charge in [0.25, 0.3) is 10.2 Å². The van der Waals surface area contributed by atoms with Crippen molar-refractivity contribution in [3.63, 3.8) is 0 Å². The van der Waals surface area contributed by atoms with Gasteiger partial charge in [-0.15, -0.1) is 0 Å². The summed E-state index contributed by atoms with van der Waals surface area (Å²) in [6, 6.07) is 10.9. The third-order valence-corrected chi connectivity index (χ3v) is 10.1. The van der Waals surface area contributed by atoms with Crippen LogP contribution in [0.25, 0.3) is 22.1 Å². The first-order valence-corrected chi connectivity index (χ1v) is 19.8. The number of aromatic nitrogens is 4. The zero-order chi connectivity index (χ0) is 34.8. The lowest BCUT2D eigenvalue weighted by Crippen LogP contribution is -2.10. The van der Waals surface area contributed by atoms with Crippen LogP contribution in [-0.2, 0) is 9.59 Å². The van der Waals surface area contributed by atoms with Crippen LogP contribution in [0.2, 0.25) is 0 Å². The molecule has 0 fully saturated rings. The first-order chi connectivity index (χ1) is 23.9. The molecule has 0 saturated carbocycles. The molecule has 4 rings (SSSR count). The molecule has 4 N–H and O–H groups in total. The maximum atomic E-state index is 12.7. The van der Waals surface area contributed by atoms with Gasteiger partial charge in [0.05, 0.1) is 22.1 Å². The fourth-order valence-electron chi connectivity index (χ4n) is 5.44. The molecule has 0 bridgehead atoms. The summed E-state index contributed by atoms with van der Waals surface area (Å²) in [7, 11) is 0. The Bertz CT molecular complexity index is 1560. The van der Waals surface area contributed by atoms with Crippen molar-refractivity contribution < 1.29 is 19.2 Å². The molecule has 2 heterocycles. The van der Waals surface area contributed by atoms with Crippen molar-refractivity contribution in [1.82, 2.24) is 19.9 Å². The number of carbonyl (C=O) groups excluding carboxylic acids is 4. The molecule has 0 aliphatic carbocycles. The van der Waals surface area contributed by atoms with E-state index in [9.17, 15) is 19.2 Å². The number of benzene rings is 2. The summed E-state index contributed by atoms with van der Waals surface area (Å²) in [6.45, 7) is 4.35. The van der Waals surface area contributed by atoms with Crippen molar-refractivity contribution in [2.75, 3.05) is 22.1 Å². The molecule has 10 nitrogen and oxygen atoms in total. The molecule has 12 heteroatoms. The SMILES string of the molecule is CCCCCCCC(=O)Nc1ccc2nc(C(=O)SCCCCCSC(=O)c3nc4ccc(NC(=O)CCCCCCC)cc4[nH]3)[nH]c2c1. The van der Waals surface area contributed by atoms with Crippen LogP contribution < -0.4 is 10.6 Å². The van der Waals surface area contributed by atoms with Crippen molar-refractivity contribution in [2.45, 2.75) is 110 Å². The van der Waals surface area contributed by atoms with Gasteiger partial charge in [0.15, 0.2) is 11.6 Å². The van der Waals surface area contributed by atoms with Gasteiger partial charge in [-0.05, 0) is 62.1 Å².